The van der Waals surface area contributed by atoms with Crippen LogP contribution in [-0.2, 0) is 14.3 Å². The summed E-state index contributed by atoms with van der Waals surface area (Å²) in [6.45, 7) is 7.28. The van der Waals surface area contributed by atoms with E-state index < -0.39 is 17.4 Å². The summed E-state index contributed by atoms with van der Waals surface area (Å²) in [5, 5.41) is 9.91. The molecule has 0 aromatic heterocycles. The van der Waals surface area contributed by atoms with Crippen molar-refractivity contribution in [3.63, 3.8) is 0 Å². The van der Waals surface area contributed by atoms with Crippen molar-refractivity contribution in [3.8, 4) is 0 Å². The van der Waals surface area contributed by atoms with Gasteiger partial charge in [0, 0.05) is 6.42 Å². The number of ether oxygens (including phenoxy) is 2. The normalized spacial score (nSPS) is 31.7. The molecule has 1 heterocycles. The van der Waals surface area contributed by atoms with Gasteiger partial charge in [-0.15, -0.1) is 0 Å². The first-order chi connectivity index (χ1) is 6.70. The second-order valence-electron chi connectivity index (χ2n) is 5.18. The van der Waals surface area contributed by atoms with E-state index in [0.29, 0.717) is 6.42 Å². The third-order valence-corrected chi connectivity index (χ3v) is 2.20. The molecule has 4 nitrogen and oxygen atoms in total. The molecule has 1 fully saturated rings. The second-order valence-corrected chi connectivity index (χ2v) is 5.18. The van der Waals surface area contributed by atoms with Gasteiger partial charge in [-0.2, -0.15) is 0 Å². The fourth-order valence-corrected chi connectivity index (χ4v) is 1.65. The molecule has 1 rings (SSSR count). The van der Waals surface area contributed by atoms with E-state index in [1.807, 2.05) is 6.92 Å². The SMILES string of the molecule is CC1CCC(O)(CC(=O)OC(C)(C)C)O1. The highest BCUT2D eigenvalue weighted by atomic mass is 16.6. The molecular formula is C11H20O4. The summed E-state index contributed by atoms with van der Waals surface area (Å²) >= 11 is 0. The largest absolute Gasteiger partial charge is 0.460 e. The highest BCUT2D eigenvalue weighted by molar-refractivity contribution is 5.70. The van der Waals surface area contributed by atoms with Crippen LogP contribution in [0.5, 0.6) is 0 Å². The molecule has 0 aromatic rings. The van der Waals surface area contributed by atoms with Crippen molar-refractivity contribution < 1.29 is 19.4 Å². The smallest absolute Gasteiger partial charge is 0.311 e. The van der Waals surface area contributed by atoms with Crippen molar-refractivity contribution in [1.82, 2.24) is 0 Å². The van der Waals surface area contributed by atoms with Gasteiger partial charge >= 0.3 is 5.97 Å². The zero-order valence-corrected chi connectivity index (χ0v) is 9.87. The van der Waals surface area contributed by atoms with E-state index in [4.69, 9.17) is 9.47 Å². The maximum Gasteiger partial charge on any atom is 0.311 e. The second kappa shape index (κ2) is 4.10. The molecular weight excluding hydrogens is 196 g/mol. The molecule has 0 saturated carbocycles. The molecule has 2 atom stereocenters. The molecule has 0 aliphatic carbocycles. The van der Waals surface area contributed by atoms with Crippen molar-refractivity contribution in [2.24, 2.45) is 0 Å². The minimum atomic E-state index is -1.32. The van der Waals surface area contributed by atoms with Crippen molar-refractivity contribution in [2.45, 2.75) is 64.4 Å². The van der Waals surface area contributed by atoms with E-state index in [-0.39, 0.29) is 12.5 Å². The predicted octanol–water partition coefficient (Wildman–Crippen LogP) is 1.61. The molecule has 88 valence electrons. The molecule has 1 aliphatic rings. The van der Waals surface area contributed by atoms with Crippen molar-refractivity contribution >= 4 is 5.97 Å². The zero-order chi connectivity index (χ0) is 11.7. The molecule has 0 aromatic carbocycles. The van der Waals surface area contributed by atoms with Gasteiger partial charge < -0.3 is 14.6 Å². The van der Waals surface area contributed by atoms with Crippen LogP contribution in [-0.4, -0.2) is 28.6 Å². The average Bonchev–Trinajstić information content (AvgIpc) is 2.25. The van der Waals surface area contributed by atoms with Gasteiger partial charge in [-0.25, -0.2) is 0 Å². The Morgan fingerprint density at radius 3 is 2.60 bits per heavy atom. The molecule has 4 heteroatoms. The molecule has 2 unspecified atom stereocenters. The Bertz CT molecular complexity index is 243. The van der Waals surface area contributed by atoms with Crippen LogP contribution in [0.2, 0.25) is 0 Å². The minimum Gasteiger partial charge on any atom is -0.460 e. The van der Waals surface area contributed by atoms with E-state index in [2.05, 4.69) is 0 Å². The third kappa shape index (κ3) is 4.18. The first-order valence-corrected chi connectivity index (χ1v) is 5.32. The van der Waals surface area contributed by atoms with Crippen molar-refractivity contribution in [1.29, 1.82) is 0 Å². The molecule has 0 amide bonds. The van der Waals surface area contributed by atoms with Crippen LogP contribution in [0.4, 0.5) is 0 Å². The van der Waals surface area contributed by atoms with Crippen LogP contribution in [0.15, 0.2) is 0 Å². The van der Waals surface area contributed by atoms with Crippen molar-refractivity contribution in [3.05, 3.63) is 0 Å². The minimum absolute atomic E-state index is 0.0115. The summed E-state index contributed by atoms with van der Waals surface area (Å²) in [6, 6.07) is 0. The van der Waals surface area contributed by atoms with E-state index in [0.717, 1.165) is 6.42 Å². The summed E-state index contributed by atoms with van der Waals surface area (Å²) in [5.41, 5.74) is -0.516. The van der Waals surface area contributed by atoms with Crippen molar-refractivity contribution in [2.75, 3.05) is 0 Å². The average molecular weight is 216 g/mol. The van der Waals surface area contributed by atoms with Gasteiger partial charge in [0.05, 0.1) is 12.5 Å². The Labute approximate surface area is 90.6 Å². The lowest BCUT2D eigenvalue weighted by Crippen LogP contribution is -2.35. The lowest BCUT2D eigenvalue weighted by molar-refractivity contribution is -0.206. The summed E-state index contributed by atoms with van der Waals surface area (Å²) < 4.78 is 10.4. The Kier molecular flexibility index (Phi) is 3.41. The number of aliphatic hydroxyl groups is 1. The summed E-state index contributed by atoms with van der Waals surface area (Å²) in [4.78, 5) is 11.5. The zero-order valence-electron chi connectivity index (χ0n) is 9.87. The van der Waals surface area contributed by atoms with Gasteiger partial charge in [-0.3, -0.25) is 4.79 Å². The fraction of sp³-hybridized carbons (Fsp3) is 0.909. The third-order valence-electron chi connectivity index (χ3n) is 2.20. The predicted molar refractivity (Wildman–Crippen MR) is 55.2 cm³/mol. The highest BCUT2D eigenvalue weighted by Crippen LogP contribution is 2.31. The quantitative estimate of drug-likeness (QED) is 0.712. The maximum absolute atomic E-state index is 11.5. The lowest BCUT2D eigenvalue weighted by Gasteiger charge is -2.25. The molecule has 1 N–H and O–H groups in total. The van der Waals surface area contributed by atoms with Gasteiger partial charge in [0.1, 0.15) is 5.60 Å². The van der Waals surface area contributed by atoms with Gasteiger partial charge in [-0.1, -0.05) is 0 Å². The maximum atomic E-state index is 11.5. The Balaban J connectivity index is 2.45. The number of carbonyl (C=O) groups is 1. The Morgan fingerprint density at radius 2 is 2.20 bits per heavy atom. The van der Waals surface area contributed by atoms with Crippen LogP contribution in [0, 0.1) is 0 Å². The fourth-order valence-electron chi connectivity index (χ4n) is 1.65. The first kappa shape index (κ1) is 12.5. The topological polar surface area (TPSA) is 55.8 Å². The van der Waals surface area contributed by atoms with Gasteiger partial charge in [-0.05, 0) is 34.1 Å². The molecule has 0 radical (unpaired) electrons. The number of hydrogen-bond donors (Lipinski definition) is 1. The Morgan fingerprint density at radius 1 is 1.60 bits per heavy atom. The molecule has 0 spiro atoms. The number of esters is 1. The number of carbonyl (C=O) groups excluding carboxylic acids is 1. The monoisotopic (exact) mass is 216 g/mol. The number of hydrogen-bond acceptors (Lipinski definition) is 4. The lowest BCUT2D eigenvalue weighted by atomic mass is 10.1. The standard InChI is InChI=1S/C11H20O4/c1-8-5-6-11(13,14-8)7-9(12)15-10(2,3)4/h8,13H,5-7H2,1-4H3. The molecule has 1 aliphatic heterocycles. The Hall–Kier alpha value is -0.610. The summed E-state index contributed by atoms with van der Waals surface area (Å²) in [7, 11) is 0. The van der Waals surface area contributed by atoms with Gasteiger partial charge in [0.15, 0.2) is 5.79 Å². The van der Waals surface area contributed by atoms with Gasteiger partial charge in [0.25, 0.3) is 0 Å². The van der Waals surface area contributed by atoms with E-state index in [9.17, 15) is 9.90 Å². The number of rotatable bonds is 2. The molecule has 0 bridgehead atoms. The summed E-state index contributed by atoms with van der Waals surface area (Å²) in [6.07, 6.45) is 1.19. The molecule has 15 heavy (non-hydrogen) atoms. The van der Waals surface area contributed by atoms with E-state index >= 15 is 0 Å². The van der Waals surface area contributed by atoms with Crippen LogP contribution in [0.25, 0.3) is 0 Å². The van der Waals surface area contributed by atoms with Crippen LogP contribution in [0.3, 0.4) is 0 Å². The van der Waals surface area contributed by atoms with Gasteiger partial charge in [0.2, 0.25) is 0 Å². The first-order valence-electron chi connectivity index (χ1n) is 5.32. The molecule has 1 saturated heterocycles. The highest BCUT2D eigenvalue weighted by Gasteiger charge is 2.39. The van der Waals surface area contributed by atoms with Crippen LogP contribution >= 0.6 is 0 Å². The van der Waals surface area contributed by atoms with E-state index in [1.165, 1.54) is 0 Å². The van der Waals surface area contributed by atoms with Crippen LogP contribution in [0.1, 0.15) is 47.0 Å². The van der Waals surface area contributed by atoms with E-state index in [1.54, 1.807) is 20.8 Å². The van der Waals surface area contributed by atoms with Crippen LogP contribution < -0.4 is 0 Å². The summed E-state index contributed by atoms with van der Waals surface area (Å²) in [5.74, 6) is -1.74.